The summed E-state index contributed by atoms with van der Waals surface area (Å²) in [5, 5.41) is 3.72. The van der Waals surface area contributed by atoms with E-state index in [2.05, 4.69) is 15.3 Å². The Morgan fingerprint density at radius 2 is 1.77 bits per heavy atom. The standard InChI is InChI=1S/C28H24Cl2N6O4/c1-13(2)35-24-23(34-25(35)17-12-32-22(40-5)10-21(17)39-4)26(37)36(20-9-16(30)11-31-14(20)3)28(24)18-7-6-15(29)8-19(18)33-27(28)38/h6-13H,1-5H3,(H,33,38)/t28-/m1/s1. The molecule has 0 fully saturated rings. The highest BCUT2D eigenvalue weighted by Crippen LogP contribution is 2.55. The highest BCUT2D eigenvalue weighted by Gasteiger charge is 2.64. The van der Waals surface area contributed by atoms with Crippen LogP contribution in [0.4, 0.5) is 11.4 Å². The van der Waals surface area contributed by atoms with E-state index in [1.165, 1.54) is 25.3 Å². The molecular formula is C28H24Cl2N6O4. The number of aryl methyl sites for hydroxylation is 1. The number of methoxy groups -OCH3 is 2. The zero-order valence-electron chi connectivity index (χ0n) is 22.2. The van der Waals surface area contributed by atoms with Crippen molar-refractivity contribution < 1.29 is 19.1 Å². The minimum Gasteiger partial charge on any atom is -0.496 e. The summed E-state index contributed by atoms with van der Waals surface area (Å²) in [6.07, 6.45) is 3.08. The number of imidazole rings is 1. The third-order valence-corrected chi connectivity index (χ3v) is 7.68. The highest BCUT2D eigenvalue weighted by molar-refractivity contribution is 6.32. The molecule has 6 rings (SSSR count). The first-order valence-electron chi connectivity index (χ1n) is 12.4. The van der Waals surface area contributed by atoms with Crippen LogP contribution in [0.1, 0.15) is 47.3 Å². The van der Waals surface area contributed by atoms with Gasteiger partial charge in [0.1, 0.15) is 11.6 Å². The fourth-order valence-corrected chi connectivity index (χ4v) is 5.92. The zero-order valence-corrected chi connectivity index (χ0v) is 23.8. The molecule has 204 valence electrons. The molecule has 2 aliphatic heterocycles. The Kier molecular flexibility index (Phi) is 6.01. The van der Waals surface area contributed by atoms with Gasteiger partial charge in [0.2, 0.25) is 5.88 Å². The third-order valence-electron chi connectivity index (χ3n) is 7.24. The van der Waals surface area contributed by atoms with Crippen LogP contribution in [-0.2, 0) is 10.3 Å². The van der Waals surface area contributed by atoms with Crippen molar-refractivity contribution in [3.63, 3.8) is 0 Å². The maximum Gasteiger partial charge on any atom is 0.280 e. The van der Waals surface area contributed by atoms with Crippen molar-refractivity contribution in [2.45, 2.75) is 32.4 Å². The van der Waals surface area contributed by atoms with E-state index in [4.69, 9.17) is 37.7 Å². The van der Waals surface area contributed by atoms with Crippen molar-refractivity contribution >= 4 is 46.4 Å². The van der Waals surface area contributed by atoms with E-state index in [1.54, 1.807) is 43.5 Å². The molecular weight excluding hydrogens is 555 g/mol. The van der Waals surface area contributed by atoms with Crippen molar-refractivity contribution in [3.8, 4) is 23.0 Å². The first-order chi connectivity index (χ1) is 19.1. The Bertz CT molecular complexity index is 1740. The van der Waals surface area contributed by atoms with Gasteiger partial charge in [-0.05, 0) is 39.0 Å². The van der Waals surface area contributed by atoms with Gasteiger partial charge in [-0.1, -0.05) is 29.3 Å². The van der Waals surface area contributed by atoms with E-state index in [1.807, 2.05) is 18.4 Å². The lowest BCUT2D eigenvalue weighted by Crippen LogP contribution is -2.51. The van der Waals surface area contributed by atoms with E-state index < -0.39 is 17.4 Å². The highest BCUT2D eigenvalue weighted by atomic mass is 35.5. The van der Waals surface area contributed by atoms with Crippen LogP contribution in [0, 0.1) is 6.92 Å². The number of nitrogens with zero attached hydrogens (tertiary/aromatic N) is 5. The fraction of sp³-hybridized carbons (Fsp3) is 0.250. The molecule has 3 aromatic heterocycles. The van der Waals surface area contributed by atoms with Crippen LogP contribution in [0.5, 0.6) is 11.6 Å². The van der Waals surface area contributed by atoms with E-state index in [0.29, 0.717) is 61.4 Å². The summed E-state index contributed by atoms with van der Waals surface area (Å²) in [6.45, 7) is 5.67. The number of hydrogen-bond acceptors (Lipinski definition) is 7. The van der Waals surface area contributed by atoms with E-state index in [0.717, 1.165) is 0 Å². The van der Waals surface area contributed by atoms with Gasteiger partial charge < -0.3 is 19.4 Å². The third kappa shape index (κ3) is 3.45. The summed E-state index contributed by atoms with van der Waals surface area (Å²) in [7, 11) is 3.04. The number of hydrogen-bond donors (Lipinski definition) is 1. The van der Waals surface area contributed by atoms with E-state index in [-0.39, 0.29) is 11.7 Å². The number of benzene rings is 1. The molecule has 0 saturated heterocycles. The van der Waals surface area contributed by atoms with Gasteiger partial charge in [-0.3, -0.25) is 19.5 Å². The van der Waals surface area contributed by atoms with Crippen molar-refractivity contribution in [1.82, 2.24) is 19.5 Å². The van der Waals surface area contributed by atoms with Gasteiger partial charge in [0.05, 0.1) is 41.9 Å². The van der Waals surface area contributed by atoms with Gasteiger partial charge in [-0.15, -0.1) is 0 Å². The Morgan fingerprint density at radius 1 is 1.00 bits per heavy atom. The van der Waals surface area contributed by atoms with Gasteiger partial charge in [0.25, 0.3) is 11.8 Å². The molecule has 0 saturated carbocycles. The minimum absolute atomic E-state index is 0.124. The molecule has 0 unspecified atom stereocenters. The van der Waals surface area contributed by atoms with Crippen molar-refractivity contribution in [1.29, 1.82) is 0 Å². The second-order valence-corrected chi connectivity index (χ2v) is 10.6. The van der Waals surface area contributed by atoms with Crippen molar-refractivity contribution in [2.75, 3.05) is 24.4 Å². The maximum absolute atomic E-state index is 14.4. The normalized spacial score (nSPS) is 17.4. The molecule has 4 aromatic rings. The molecule has 2 aliphatic rings. The average molecular weight is 579 g/mol. The molecule has 0 radical (unpaired) electrons. The zero-order chi connectivity index (χ0) is 28.5. The molecule has 40 heavy (non-hydrogen) atoms. The van der Waals surface area contributed by atoms with Gasteiger partial charge in [0.15, 0.2) is 11.2 Å². The SMILES string of the molecule is COc1cc(OC)c(-c2nc3c(n2C(C)C)[C@]2(C(=O)Nc4cc(Cl)ccc42)N(c2cc(Cl)cnc2C)C3=O)cn1. The quantitative estimate of drug-likeness (QED) is 0.337. The summed E-state index contributed by atoms with van der Waals surface area (Å²) in [5.41, 5.74) is 1.43. The Morgan fingerprint density at radius 3 is 2.48 bits per heavy atom. The first kappa shape index (κ1) is 26.1. The van der Waals surface area contributed by atoms with Gasteiger partial charge in [0, 0.05) is 40.8 Å². The van der Waals surface area contributed by atoms with Crippen molar-refractivity contribution in [2.24, 2.45) is 0 Å². The predicted octanol–water partition coefficient (Wildman–Crippen LogP) is 5.41. The number of anilines is 2. The number of rotatable bonds is 5. The van der Waals surface area contributed by atoms with Crippen LogP contribution in [0.2, 0.25) is 10.0 Å². The van der Waals surface area contributed by atoms with Gasteiger partial charge in [-0.25, -0.2) is 9.97 Å². The Hall–Kier alpha value is -4.15. The molecule has 0 bridgehead atoms. The van der Waals surface area contributed by atoms with Crippen LogP contribution >= 0.6 is 23.2 Å². The summed E-state index contributed by atoms with van der Waals surface area (Å²) >= 11 is 12.7. The average Bonchev–Trinajstić information content (AvgIpc) is 3.53. The molecule has 1 atom stereocenters. The number of halogens is 2. The maximum atomic E-state index is 14.4. The number of ether oxygens (including phenoxy) is 2. The number of fused-ring (bicyclic) bond motifs is 4. The number of carbonyl (C=O) groups is 2. The topological polar surface area (TPSA) is 111 Å². The number of aromatic nitrogens is 4. The molecule has 1 N–H and O–H groups in total. The Balaban J connectivity index is 1.73. The second kappa shape index (κ2) is 9.21. The molecule has 2 amide bonds. The summed E-state index contributed by atoms with van der Waals surface area (Å²) in [4.78, 5) is 43.7. The number of amides is 2. The first-order valence-corrected chi connectivity index (χ1v) is 13.2. The summed E-state index contributed by atoms with van der Waals surface area (Å²) in [6, 6.07) is 8.16. The summed E-state index contributed by atoms with van der Waals surface area (Å²) < 4.78 is 12.8. The van der Waals surface area contributed by atoms with E-state index in [9.17, 15) is 9.59 Å². The van der Waals surface area contributed by atoms with E-state index >= 15 is 0 Å². The second-order valence-electron chi connectivity index (χ2n) is 9.78. The van der Waals surface area contributed by atoms with Gasteiger partial charge in [-0.2, -0.15) is 0 Å². The smallest absolute Gasteiger partial charge is 0.280 e. The molecule has 5 heterocycles. The van der Waals surface area contributed by atoms with Crippen LogP contribution in [-0.4, -0.2) is 45.6 Å². The van der Waals surface area contributed by atoms with Crippen LogP contribution in [0.15, 0.2) is 42.7 Å². The van der Waals surface area contributed by atoms with Crippen LogP contribution in [0.25, 0.3) is 11.4 Å². The largest absolute Gasteiger partial charge is 0.496 e. The lowest BCUT2D eigenvalue weighted by molar-refractivity contribution is -0.119. The molecule has 1 spiro atoms. The monoisotopic (exact) mass is 578 g/mol. The fourth-order valence-electron chi connectivity index (χ4n) is 5.59. The lowest BCUT2D eigenvalue weighted by atomic mass is 9.87. The lowest BCUT2D eigenvalue weighted by Gasteiger charge is -2.36. The molecule has 12 heteroatoms. The van der Waals surface area contributed by atoms with Gasteiger partial charge >= 0.3 is 0 Å². The minimum atomic E-state index is -1.62. The number of nitrogens with one attached hydrogen (secondary N) is 1. The Labute approximate surface area is 239 Å². The van der Waals surface area contributed by atoms with Crippen molar-refractivity contribution in [3.05, 3.63) is 75.4 Å². The number of pyridine rings is 2. The summed E-state index contributed by atoms with van der Waals surface area (Å²) in [5.74, 6) is 0.342. The van der Waals surface area contributed by atoms with Crippen LogP contribution in [0.3, 0.4) is 0 Å². The molecule has 0 aliphatic carbocycles. The van der Waals surface area contributed by atoms with Crippen LogP contribution < -0.4 is 19.7 Å². The molecule has 10 nitrogen and oxygen atoms in total. The predicted molar refractivity (Wildman–Crippen MR) is 151 cm³/mol. The number of carbonyl (C=O) groups excluding carboxylic acids is 2. The molecule has 1 aromatic carbocycles.